The Hall–Kier alpha value is -1.88. The Bertz CT molecular complexity index is 612. The van der Waals surface area contributed by atoms with Gasteiger partial charge in [-0.25, -0.2) is 0 Å². The van der Waals surface area contributed by atoms with Gasteiger partial charge < -0.3 is 15.4 Å². The number of ether oxygens (including phenoxy) is 1. The van der Waals surface area contributed by atoms with Crippen molar-refractivity contribution in [3.63, 3.8) is 0 Å². The van der Waals surface area contributed by atoms with Gasteiger partial charge in [-0.15, -0.1) is 0 Å². The van der Waals surface area contributed by atoms with E-state index < -0.39 is 0 Å². The topological polar surface area (TPSA) is 67.4 Å². The van der Waals surface area contributed by atoms with E-state index in [2.05, 4.69) is 24.5 Å². The van der Waals surface area contributed by atoms with Crippen LogP contribution in [0.2, 0.25) is 0 Å². The third-order valence-corrected chi connectivity index (χ3v) is 5.19. The first-order chi connectivity index (χ1) is 12.9. The van der Waals surface area contributed by atoms with Crippen LogP contribution in [-0.2, 0) is 16.0 Å². The van der Waals surface area contributed by atoms with Gasteiger partial charge in [0.1, 0.15) is 0 Å². The minimum absolute atomic E-state index is 0.0371. The van der Waals surface area contributed by atoms with Gasteiger partial charge in [0.2, 0.25) is 5.91 Å². The highest BCUT2D eigenvalue weighted by Gasteiger charge is 2.34. The number of rotatable bonds is 8. The molecule has 5 heteroatoms. The minimum Gasteiger partial charge on any atom is -0.379 e. The summed E-state index contributed by atoms with van der Waals surface area (Å²) in [6, 6.07) is 7.76. The number of hydrogen-bond donors (Lipinski definition) is 2. The number of carbonyl (C=O) groups is 2. The molecule has 2 N–H and O–H groups in total. The lowest BCUT2D eigenvalue weighted by molar-refractivity contribution is -0.127. The molecule has 1 aliphatic carbocycles. The van der Waals surface area contributed by atoms with Gasteiger partial charge >= 0.3 is 0 Å². The van der Waals surface area contributed by atoms with Crippen LogP contribution in [0.5, 0.6) is 0 Å². The average molecular weight is 375 g/mol. The third kappa shape index (κ3) is 6.35. The molecule has 1 saturated carbocycles. The summed E-state index contributed by atoms with van der Waals surface area (Å²) in [4.78, 5) is 24.8. The van der Waals surface area contributed by atoms with E-state index in [1.807, 2.05) is 31.2 Å². The van der Waals surface area contributed by atoms with Crippen LogP contribution in [-0.4, -0.2) is 37.6 Å². The van der Waals surface area contributed by atoms with Crippen molar-refractivity contribution in [2.24, 2.45) is 11.8 Å². The lowest BCUT2D eigenvalue weighted by Crippen LogP contribution is -2.49. The van der Waals surface area contributed by atoms with E-state index in [0.717, 1.165) is 25.7 Å². The van der Waals surface area contributed by atoms with Gasteiger partial charge in [-0.1, -0.05) is 32.9 Å². The average Bonchev–Trinajstić information content (AvgIpc) is 2.66. The maximum Gasteiger partial charge on any atom is 0.251 e. The number of methoxy groups -OCH3 is 1. The first-order valence-electron chi connectivity index (χ1n) is 10.1. The molecule has 3 atom stereocenters. The minimum atomic E-state index is -0.139. The highest BCUT2D eigenvalue weighted by Crippen LogP contribution is 2.27. The van der Waals surface area contributed by atoms with Gasteiger partial charge in [-0.2, -0.15) is 0 Å². The summed E-state index contributed by atoms with van der Waals surface area (Å²) in [5, 5.41) is 6.07. The Morgan fingerprint density at radius 3 is 2.48 bits per heavy atom. The molecule has 0 spiro atoms. The van der Waals surface area contributed by atoms with Crippen LogP contribution in [0.3, 0.4) is 0 Å². The Balaban J connectivity index is 1.92. The van der Waals surface area contributed by atoms with Crippen LogP contribution in [0.25, 0.3) is 0 Å². The van der Waals surface area contributed by atoms with Crippen LogP contribution >= 0.6 is 0 Å². The zero-order valence-electron chi connectivity index (χ0n) is 17.1. The molecule has 0 unspecified atom stereocenters. The Morgan fingerprint density at radius 2 is 1.89 bits per heavy atom. The molecule has 27 heavy (non-hydrogen) atoms. The molecule has 1 aromatic rings. The van der Waals surface area contributed by atoms with Crippen molar-refractivity contribution < 1.29 is 14.3 Å². The van der Waals surface area contributed by atoms with Crippen LogP contribution in [0.15, 0.2) is 24.3 Å². The fraction of sp³-hybridized carbons (Fsp3) is 0.636. The number of nitrogens with one attached hydrogen (secondary N) is 2. The van der Waals surface area contributed by atoms with E-state index in [-0.39, 0.29) is 29.9 Å². The fourth-order valence-corrected chi connectivity index (χ4v) is 3.70. The van der Waals surface area contributed by atoms with Crippen molar-refractivity contribution in [2.75, 3.05) is 13.7 Å². The molecule has 1 aromatic carbocycles. The number of amides is 2. The van der Waals surface area contributed by atoms with Crippen LogP contribution < -0.4 is 10.6 Å². The van der Waals surface area contributed by atoms with Crippen LogP contribution in [0.4, 0.5) is 0 Å². The maximum absolute atomic E-state index is 12.6. The second-order valence-corrected chi connectivity index (χ2v) is 7.95. The monoisotopic (exact) mass is 374 g/mol. The quantitative estimate of drug-likeness (QED) is 0.733. The lowest BCUT2D eigenvalue weighted by Gasteiger charge is -2.35. The van der Waals surface area contributed by atoms with Crippen molar-refractivity contribution in [2.45, 2.75) is 65.0 Å². The molecule has 1 aliphatic rings. The standard InChI is InChI=1S/C22H34N2O3/c1-5-12-23-21(25)18-10-11-19(20(14-18)27-4)24-22(26)17-8-6-16(7-9-17)13-15(2)3/h6-9,15,18-20H,5,10-14H2,1-4H3,(H,23,25)(H,24,26)/t18-,19-,20-/m0/s1. The van der Waals surface area contributed by atoms with Gasteiger partial charge in [-0.3, -0.25) is 9.59 Å². The van der Waals surface area contributed by atoms with Crippen LogP contribution in [0, 0.1) is 11.8 Å². The van der Waals surface area contributed by atoms with Gasteiger partial charge in [0.05, 0.1) is 12.1 Å². The molecule has 5 nitrogen and oxygen atoms in total. The van der Waals surface area contributed by atoms with Crippen molar-refractivity contribution >= 4 is 11.8 Å². The van der Waals surface area contributed by atoms with Gasteiger partial charge in [0.15, 0.2) is 0 Å². The number of hydrogen-bond acceptors (Lipinski definition) is 3. The third-order valence-electron chi connectivity index (χ3n) is 5.19. The molecule has 0 heterocycles. The normalized spacial score (nSPS) is 22.5. The first kappa shape index (κ1) is 21.4. The Morgan fingerprint density at radius 1 is 1.19 bits per heavy atom. The van der Waals surface area contributed by atoms with E-state index in [0.29, 0.717) is 24.4 Å². The highest BCUT2D eigenvalue weighted by molar-refractivity contribution is 5.94. The van der Waals surface area contributed by atoms with E-state index in [4.69, 9.17) is 4.74 Å². The molecule has 2 amide bonds. The second-order valence-electron chi connectivity index (χ2n) is 7.95. The van der Waals surface area contributed by atoms with Crippen molar-refractivity contribution in [1.82, 2.24) is 10.6 Å². The van der Waals surface area contributed by atoms with Gasteiger partial charge in [0, 0.05) is 25.1 Å². The number of carbonyl (C=O) groups excluding carboxylic acids is 2. The van der Waals surface area contributed by atoms with Crippen molar-refractivity contribution in [3.05, 3.63) is 35.4 Å². The Kier molecular flexibility index (Phi) is 8.29. The van der Waals surface area contributed by atoms with Crippen LogP contribution in [0.1, 0.15) is 62.4 Å². The van der Waals surface area contributed by atoms with Gasteiger partial charge in [-0.05, 0) is 55.7 Å². The summed E-state index contributed by atoms with van der Waals surface area (Å²) in [6.45, 7) is 7.12. The number of benzene rings is 1. The largest absolute Gasteiger partial charge is 0.379 e. The summed E-state index contributed by atoms with van der Waals surface area (Å²) in [5.74, 6) is 0.582. The fourth-order valence-electron chi connectivity index (χ4n) is 3.70. The first-order valence-corrected chi connectivity index (χ1v) is 10.1. The van der Waals surface area contributed by atoms with E-state index >= 15 is 0 Å². The SMILES string of the molecule is CCCNC(=O)[C@H]1CC[C@H](NC(=O)c2ccc(CC(C)C)cc2)[C@@H](OC)C1. The van der Waals surface area contributed by atoms with E-state index in [9.17, 15) is 9.59 Å². The molecule has 1 fully saturated rings. The molecule has 0 radical (unpaired) electrons. The van der Waals surface area contributed by atoms with Crippen molar-refractivity contribution in [1.29, 1.82) is 0 Å². The summed E-state index contributed by atoms with van der Waals surface area (Å²) in [5.41, 5.74) is 1.91. The summed E-state index contributed by atoms with van der Waals surface area (Å²) in [6.07, 6.45) is 3.97. The molecule has 0 bridgehead atoms. The molecule has 150 valence electrons. The molecule has 0 aromatic heterocycles. The summed E-state index contributed by atoms with van der Waals surface area (Å²) in [7, 11) is 1.65. The van der Waals surface area contributed by atoms with Gasteiger partial charge in [0.25, 0.3) is 5.91 Å². The van der Waals surface area contributed by atoms with E-state index in [1.165, 1.54) is 5.56 Å². The summed E-state index contributed by atoms with van der Waals surface area (Å²) >= 11 is 0. The second kappa shape index (κ2) is 10.5. The maximum atomic E-state index is 12.6. The molecular formula is C22H34N2O3. The molecule has 2 rings (SSSR count). The predicted octanol–water partition coefficient (Wildman–Crippen LogP) is 3.32. The van der Waals surface area contributed by atoms with Crippen molar-refractivity contribution in [3.8, 4) is 0 Å². The summed E-state index contributed by atoms with van der Waals surface area (Å²) < 4.78 is 5.59. The lowest BCUT2D eigenvalue weighted by atomic mass is 9.83. The predicted molar refractivity (Wildman–Crippen MR) is 108 cm³/mol. The van der Waals surface area contributed by atoms with E-state index in [1.54, 1.807) is 7.11 Å². The molecule has 0 saturated heterocycles. The molecular weight excluding hydrogens is 340 g/mol. The zero-order chi connectivity index (χ0) is 19.8. The smallest absolute Gasteiger partial charge is 0.251 e. The molecule has 0 aliphatic heterocycles. The zero-order valence-corrected chi connectivity index (χ0v) is 17.1. The highest BCUT2D eigenvalue weighted by atomic mass is 16.5. The Labute approximate surface area is 163 Å².